The predicted molar refractivity (Wildman–Crippen MR) is 335 cm³/mol. The molecular weight excluding hydrogens is 949 g/mol. The first-order valence-corrected chi connectivity index (χ1v) is 33.8. The van der Waals surface area contributed by atoms with Crippen LogP contribution in [0.25, 0.3) is 0 Å². The van der Waals surface area contributed by atoms with E-state index in [0.717, 1.165) is 77.0 Å². The molecule has 0 bridgehead atoms. The molecule has 0 saturated heterocycles. The first-order valence-electron chi connectivity index (χ1n) is 33.8. The second-order valence-corrected chi connectivity index (χ2v) is 22.7. The summed E-state index contributed by atoms with van der Waals surface area (Å²) in [6, 6.07) is 0. The monoisotopic (exact) mass is 1080 g/mol. The highest BCUT2D eigenvalue weighted by Crippen LogP contribution is 2.18. The molecule has 1 atom stereocenters. The van der Waals surface area contributed by atoms with Gasteiger partial charge in [0.1, 0.15) is 13.2 Å². The van der Waals surface area contributed by atoms with E-state index < -0.39 is 6.10 Å². The maximum atomic E-state index is 12.8. The normalized spacial score (nSPS) is 12.4. The van der Waals surface area contributed by atoms with Crippen molar-refractivity contribution < 1.29 is 28.6 Å². The predicted octanol–water partition coefficient (Wildman–Crippen LogP) is 23.1. The zero-order chi connectivity index (χ0) is 55.7. The largest absolute Gasteiger partial charge is 0.462 e. The van der Waals surface area contributed by atoms with E-state index in [2.05, 4.69) is 75.5 Å². The number of esters is 3. The molecule has 0 aliphatic heterocycles. The third-order valence-electron chi connectivity index (χ3n) is 15.0. The van der Waals surface area contributed by atoms with Crippen LogP contribution in [0, 0.1) is 0 Å². The van der Waals surface area contributed by atoms with E-state index in [9.17, 15) is 14.4 Å². The van der Waals surface area contributed by atoms with Gasteiger partial charge in [-0.3, -0.25) is 14.4 Å². The maximum absolute atomic E-state index is 12.8. The number of hydrogen-bond donors (Lipinski definition) is 0. The summed E-state index contributed by atoms with van der Waals surface area (Å²) in [5, 5.41) is 0. The number of hydrogen-bond acceptors (Lipinski definition) is 6. The van der Waals surface area contributed by atoms with E-state index in [1.807, 2.05) is 6.08 Å². The van der Waals surface area contributed by atoms with Crippen LogP contribution in [0.3, 0.4) is 0 Å². The summed E-state index contributed by atoms with van der Waals surface area (Å²) in [6.45, 7) is 6.46. The average Bonchev–Trinajstić information content (AvgIpc) is 3.43. The zero-order valence-corrected chi connectivity index (χ0v) is 51.5. The zero-order valence-electron chi connectivity index (χ0n) is 51.5. The molecule has 0 N–H and O–H groups in total. The summed E-state index contributed by atoms with van der Waals surface area (Å²) in [5.74, 6) is -0.983. The Balaban J connectivity index is 4.01. The third-order valence-corrected chi connectivity index (χ3v) is 15.0. The van der Waals surface area contributed by atoms with Crippen LogP contribution in [0.1, 0.15) is 355 Å². The van der Waals surface area contributed by atoms with Gasteiger partial charge >= 0.3 is 17.9 Å². The van der Waals surface area contributed by atoms with Crippen LogP contribution in [-0.2, 0) is 28.6 Å². The molecule has 0 aromatic heterocycles. The molecule has 0 aromatic carbocycles. The Kier molecular flexibility index (Phi) is 63.2. The van der Waals surface area contributed by atoms with Crippen LogP contribution in [0.2, 0.25) is 0 Å². The second kappa shape index (κ2) is 65.6. The number of allylic oxidation sites excluding steroid dienone is 10. The summed E-state index contributed by atoms with van der Waals surface area (Å²) in [7, 11) is 0. The van der Waals surface area contributed by atoms with Crippen LogP contribution in [0.15, 0.2) is 60.8 Å². The quantitative estimate of drug-likeness (QED) is 0.0261. The molecule has 0 heterocycles. The maximum Gasteiger partial charge on any atom is 0.306 e. The van der Waals surface area contributed by atoms with Gasteiger partial charge in [-0.15, -0.1) is 0 Å². The summed E-state index contributed by atoms with van der Waals surface area (Å²) in [5.41, 5.74) is 0. The van der Waals surface area contributed by atoms with Crippen LogP contribution >= 0.6 is 0 Å². The smallest absolute Gasteiger partial charge is 0.306 e. The first kappa shape index (κ1) is 74.1. The van der Waals surface area contributed by atoms with Crippen molar-refractivity contribution in [1.29, 1.82) is 0 Å². The van der Waals surface area contributed by atoms with Crippen LogP contribution in [-0.4, -0.2) is 37.2 Å². The molecule has 1 unspecified atom stereocenters. The van der Waals surface area contributed by atoms with E-state index in [-0.39, 0.29) is 37.5 Å². The molecule has 0 aromatic rings. The molecule has 448 valence electrons. The minimum atomic E-state index is -0.814. The van der Waals surface area contributed by atoms with E-state index in [1.54, 1.807) is 0 Å². The Hall–Kier alpha value is -2.89. The number of carbonyl (C=O) groups excluding carboxylic acids is 3. The lowest BCUT2D eigenvalue weighted by Crippen LogP contribution is -2.30. The van der Waals surface area contributed by atoms with Gasteiger partial charge in [-0.05, 0) is 64.2 Å². The summed E-state index contributed by atoms with van der Waals surface area (Å²) in [4.78, 5) is 38.1. The molecule has 0 spiro atoms. The minimum absolute atomic E-state index is 0.103. The van der Waals surface area contributed by atoms with E-state index in [1.165, 1.54) is 231 Å². The fraction of sp³-hybridized carbons (Fsp3) is 0.817. The highest BCUT2D eigenvalue weighted by atomic mass is 16.6. The van der Waals surface area contributed by atoms with Crippen molar-refractivity contribution in [3.05, 3.63) is 60.8 Å². The van der Waals surface area contributed by atoms with Crippen molar-refractivity contribution in [3.8, 4) is 0 Å². The standard InChI is InChI=1S/C71H128O6/c1-4-7-10-13-16-19-22-24-25-26-27-28-29-30-31-32-33-34-35-36-37-38-39-40-41-42-43-44-45-47-49-52-55-58-61-64-70(73)76-67-68(66-75-69(72)63-60-57-54-51-48-21-18-15-12-9-6-3)77-71(74)65-62-59-56-53-50-46-23-20-17-14-11-8-5-2/h8,11,15,17-18,20,46,50,56,59,68H,4-7,9-10,12-14,16,19,21-45,47-49,51-55,57-58,60-67H2,1-3H3/b11-8-,18-15-,20-17-,50-46-,59-56-. The molecule has 0 aliphatic carbocycles. The van der Waals surface area contributed by atoms with Gasteiger partial charge in [0.15, 0.2) is 6.10 Å². The fourth-order valence-electron chi connectivity index (χ4n) is 9.97. The van der Waals surface area contributed by atoms with Gasteiger partial charge in [0.25, 0.3) is 0 Å². The SMILES string of the molecule is CC/C=C\C/C=C\C/C=C\C/C=C\CCC(=O)OC(COC(=O)CCCCCCC/C=C\CCCC)COC(=O)CCCCCCCCCCCCCCCCCCCCCCCCCCCCCCCCCCCCC. The van der Waals surface area contributed by atoms with E-state index in [4.69, 9.17) is 14.2 Å². The van der Waals surface area contributed by atoms with Gasteiger partial charge in [0.2, 0.25) is 0 Å². The molecular formula is C71H128O6. The van der Waals surface area contributed by atoms with Crippen LogP contribution < -0.4 is 0 Å². The van der Waals surface area contributed by atoms with E-state index >= 15 is 0 Å². The van der Waals surface area contributed by atoms with Gasteiger partial charge in [-0.25, -0.2) is 0 Å². The van der Waals surface area contributed by atoms with Gasteiger partial charge in [0.05, 0.1) is 0 Å². The van der Waals surface area contributed by atoms with Crippen molar-refractivity contribution >= 4 is 17.9 Å². The van der Waals surface area contributed by atoms with Crippen LogP contribution in [0.5, 0.6) is 0 Å². The summed E-state index contributed by atoms with van der Waals surface area (Å²) < 4.78 is 16.8. The Morgan fingerprint density at radius 2 is 0.545 bits per heavy atom. The van der Waals surface area contributed by atoms with Gasteiger partial charge in [-0.2, -0.15) is 0 Å². The Morgan fingerprint density at radius 3 is 0.883 bits per heavy atom. The molecule has 0 amide bonds. The van der Waals surface area contributed by atoms with Crippen molar-refractivity contribution in [2.45, 2.75) is 361 Å². The number of ether oxygens (including phenoxy) is 3. The lowest BCUT2D eigenvalue weighted by atomic mass is 10.0. The van der Waals surface area contributed by atoms with Crippen molar-refractivity contribution in [3.63, 3.8) is 0 Å². The molecule has 0 fully saturated rings. The molecule has 0 saturated carbocycles. The Bertz CT molecular complexity index is 1380. The summed E-state index contributed by atoms with van der Waals surface area (Å²) >= 11 is 0. The molecule has 6 heteroatoms. The van der Waals surface area contributed by atoms with Gasteiger partial charge < -0.3 is 14.2 Å². The Labute approximate surface area is 479 Å². The Morgan fingerprint density at radius 1 is 0.273 bits per heavy atom. The van der Waals surface area contributed by atoms with Crippen molar-refractivity contribution in [1.82, 2.24) is 0 Å². The lowest BCUT2D eigenvalue weighted by Gasteiger charge is -2.18. The van der Waals surface area contributed by atoms with E-state index in [0.29, 0.717) is 19.3 Å². The number of carbonyl (C=O) groups is 3. The second-order valence-electron chi connectivity index (χ2n) is 22.7. The van der Waals surface area contributed by atoms with Crippen LogP contribution in [0.4, 0.5) is 0 Å². The molecule has 0 rings (SSSR count). The molecule has 0 radical (unpaired) electrons. The average molecular weight is 1080 g/mol. The number of rotatable bonds is 62. The third kappa shape index (κ3) is 63.8. The van der Waals surface area contributed by atoms with Gasteiger partial charge in [-0.1, -0.05) is 332 Å². The highest BCUT2D eigenvalue weighted by molar-refractivity contribution is 5.71. The molecule has 6 nitrogen and oxygen atoms in total. The lowest BCUT2D eigenvalue weighted by molar-refractivity contribution is -0.166. The molecule has 77 heavy (non-hydrogen) atoms. The van der Waals surface area contributed by atoms with Crippen molar-refractivity contribution in [2.24, 2.45) is 0 Å². The topological polar surface area (TPSA) is 78.9 Å². The summed E-state index contributed by atoms with van der Waals surface area (Å²) in [6.07, 6.45) is 84.5. The molecule has 0 aliphatic rings. The highest BCUT2D eigenvalue weighted by Gasteiger charge is 2.19. The first-order chi connectivity index (χ1) is 38.0. The number of unbranched alkanes of at least 4 members (excludes halogenated alkanes) is 41. The minimum Gasteiger partial charge on any atom is -0.462 e. The van der Waals surface area contributed by atoms with Crippen molar-refractivity contribution in [2.75, 3.05) is 13.2 Å². The fourth-order valence-corrected chi connectivity index (χ4v) is 9.97. The van der Waals surface area contributed by atoms with Gasteiger partial charge in [0, 0.05) is 19.3 Å².